The highest BCUT2D eigenvalue weighted by Gasteiger charge is 2.11. The first-order chi connectivity index (χ1) is 11.1. The van der Waals surface area contributed by atoms with E-state index in [4.69, 9.17) is 11.6 Å². The maximum absolute atomic E-state index is 11.9. The Hall–Kier alpha value is -1.29. The summed E-state index contributed by atoms with van der Waals surface area (Å²) in [6, 6.07) is 7.26. The molecule has 2 aromatic rings. The van der Waals surface area contributed by atoms with E-state index in [1.54, 1.807) is 12.1 Å². The Labute approximate surface area is 150 Å². The van der Waals surface area contributed by atoms with Crippen LogP contribution in [0.2, 0.25) is 5.02 Å². The van der Waals surface area contributed by atoms with Crippen molar-refractivity contribution >= 4 is 63.5 Å². The predicted molar refractivity (Wildman–Crippen MR) is 93.5 cm³/mol. The van der Waals surface area contributed by atoms with E-state index in [0.717, 1.165) is 4.90 Å². The van der Waals surface area contributed by atoms with E-state index in [1.165, 1.54) is 42.0 Å². The molecule has 0 aliphatic carbocycles. The second kappa shape index (κ2) is 9.11. The molecule has 0 unspecified atom stereocenters. The molecule has 0 spiro atoms. The number of hydrogen-bond acceptors (Lipinski definition) is 8. The van der Waals surface area contributed by atoms with Crippen molar-refractivity contribution in [1.29, 1.82) is 0 Å². The molecule has 0 saturated carbocycles. The number of aromatic nitrogens is 2. The second-order valence-corrected chi connectivity index (χ2v) is 7.71. The van der Waals surface area contributed by atoms with Crippen molar-refractivity contribution in [3.05, 3.63) is 29.3 Å². The zero-order chi connectivity index (χ0) is 16.7. The number of rotatable bonds is 7. The van der Waals surface area contributed by atoms with Crippen molar-refractivity contribution in [1.82, 2.24) is 10.2 Å². The molecule has 0 saturated heterocycles. The van der Waals surface area contributed by atoms with E-state index in [1.807, 2.05) is 12.1 Å². The van der Waals surface area contributed by atoms with Crippen molar-refractivity contribution in [2.45, 2.75) is 9.24 Å². The average Bonchev–Trinajstić information content (AvgIpc) is 2.99. The van der Waals surface area contributed by atoms with Crippen LogP contribution in [-0.2, 0) is 14.3 Å². The zero-order valence-corrected chi connectivity index (χ0v) is 15.2. The molecule has 0 fully saturated rings. The number of methoxy groups -OCH3 is 1. The molecule has 0 aliphatic heterocycles. The number of esters is 1. The highest BCUT2D eigenvalue weighted by Crippen LogP contribution is 2.26. The molecule has 0 bridgehead atoms. The number of anilines is 1. The van der Waals surface area contributed by atoms with Crippen LogP contribution < -0.4 is 5.32 Å². The number of hydrogen-bond donors (Lipinski definition) is 1. The van der Waals surface area contributed by atoms with E-state index in [9.17, 15) is 9.59 Å². The van der Waals surface area contributed by atoms with Gasteiger partial charge in [0, 0.05) is 9.92 Å². The fourth-order valence-electron chi connectivity index (χ4n) is 1.33. The number of nitrogens with one attached hydrogen (secondary N) is 1. The van der Waals surface area contributed by atoms with Gasteiger partial charge in [-0.2, -0.15) is 0 Å². The van der Waals surface area contributed by atoms with Crippen molar-refractivity contribution in [2.75, 3.05) is 23.9 Å². The molecule has 0 atom stereocenters. The lowest BCUT2D eigenvalue weighted by Crippen LogP contribution is -2.13. The van der Waals surface area contributed by atoms with Crippen LogP contribution in [-0.4, -0.2) is 40.7 Å². The van der Waals surface area contributed by atoms with Gasteiger partial charge in [0.1, 0.15) is 0 Å². The smallest absolute Gasteiger partial charge is 0.316 e. The fourth-order valence-corrected chi connectivity index (χ4v) is 3.76. The Balaban J connectivity index is 1.77. The summed E-state index contributed by atoms with van der Waals surface area (Å²) in [6.07, 6.45) is 0. The minimum Gasteiger partial charge on any atom is -0.468 e. The van der Waals surface area contributed by atoms with Crippen LogP contribution in [0, 0.1) is 0 Å². The molecule has 1 heterocycles. The summed E-state index contributed by atoms with van der Waals surface area (Å²) in [4.78, 5) is 23.9. The lowest BCUT2D eigenvalue weighted by Gasteiger charge is -2.01. The largest absolute Gasteiger partial charge is 0.468 e. The summed E-state index contributed by atoms with van der Waals surface area (Å²) in [5.74, 6) is -0.0991. The number of benzene rings is 1. The van der Waals surface area contributed by atoms with Gasteiger partial charge in [-0.25, -0.2) is 0 Å². The number of carbonyl (C=O) groups is 2. The molecular formula is C13H12ClN3O3S3. The third kappa shape index (κ3) is 6.38. The number of carbonyl (C=O) groups excluding carboxylic acids is 2. The monoisotopic (exact) mass is 389 g/mol. The van der Waals surface area contributed by atoms with Gasteiger partial charge >= 0.3 is 5.97 Å². The van der Waals surface area contributed by atoms with Gasteiger partial charge in [0.05, 0.1) is 18.6 Å². The van der Waals surface area contributed by atoms with E-state index in [2.05, 4.69) is 20.3 Å². The van der Waals surface area contributed by atoms with Gasteiger partial charge in [-0.1, -0.05) is 34.7 Å². The second-order valence-electron chi connectivity index (χ2n) is 4.03. The maximum atomic E-state index is 11.9. The molecule has 0 radical (unpaired) electrons. The molecule has 10 heteroatoms. The molecule has 1 N–H and O–H groups in total. The standard InChI is InChI=1S/C13H12ClN3O3S3/c1-20-11(19)7-22-13-17-16-12(23-13)15-10(18)6-21-9-4-2-8(14)3-5-9/h2-5H,6-7H2,1H3,(H,15,16,18). The highest BCUT2D eigenvalue weighted by molar-refractivity contribution is 8.01. The summed E-state index contributed by atoms with van der Waals surface area (Å²) in [7, 11) is 1.33. The van der Waals surface area contributed by atoms with Crippen LogP contribution in [0.3, 0.4) is 0 Å². The summed E-state index contributed by atoms with van der Waals surface area (Å²) in [5.41, 5.74) is 0. The zero-order valence-electron chi connectivity index (χ0n) is 11.9. The Morgan fingerprint density at radius 2 is 1.96 bits per heavy atom. The quantitative estimate of drug-likeness (QED) is 0.442. The summed E-state index contributed by atoms with van der Waals surface area (Å²) in [6.45, 7) is 0. The van der Waals surface area contributed by atoms with Crippen LogP contribution in [0.5, 0.6) is 0 Å². The first kappa shape index (κ1) is 18.1. The molecule has 2 rings (SSSR count). The Morgan fingerprint density at radius 3 is 2.65 bits per heavy atom. The van der Waals surface area contributed by atoms with Gasteiger partial charge in [0.2, 0.25) is 11.0 Å². The normalized spacial score (nSPS) is 10.3. The fraction of sp³-hybridized carbons (Fsp3) is 0.231. The third-order valence-electron chi connectivity index (χ3n) is 2.38. The minimum absolute atomic E-state index is 0.158. The van der Waals surface area contributed by atoms with E-state index in [0.29, 0.717) is 14.5 Å². The van der Waals surface area contributed by atoms with Crippen molar-refractivity contribution in [3.63, 3.8) is 0 Å². The lowest BCUT2D eigenvalue weighted by atomic mass is 10.4. The van der Waals surface area contributed by atoms with Gasteiger partial charge < -0.3 is 4.74 Å². The minimum atomic E-state index is -0.338. The van der Waals surface area contributed by atoms with Crippen molar-refractivity contribution < 1.29 is 14.3 Å². The first-order valence-corrected chi connectivity index (χ1v) is 9.44. The van der Waals surface area contributed by atoms with Crippen LogP contribution in [0.15, 0.2) is 33.5 Å². The van der Waals surface area contributed by atoms with E-state index in [-0.39, 0.29) is 23.4 Å². The molecule has 0 aliphatic rings. The van der Waals surface area contributed by atoms with Gasteiger partial charge in [-0.05, 0) is 24.3 Å². The molecular weight excluding hydrogens is 378 g/mol. The van der Waals surface area contributed by atoms with Gasteiger partial charge in [-0.3, -0.25) is 14.9 Å². The summed E-state index contributed by atoms with van der Waals surface area (Å²) >= 11 is 9.63. The molecule has 6 nitrogen and oxygen atoms in total. The van der Waals surface area contributed by atoms with Crippen LogP contribution in [0.4, 0.5) is 5.13 Å². The number of thioether (sulfide) groups is 2. The Kier molecular flexibility index (Phi) is 7.15. The van der Waals surface area contributed by atoms with Gasteiger partial charge in [-0.15, -0.1) is 22.0 Å². The topological polar surface area (TPSA) is 81.2 Å². The molecule has 1 amide bonds. The average molecular weight is 390 g/mol. The van der Waals surface area contributed by atoms with Crippen LogP contribution in [0.1, 0.15) is 0 Å². The van der Waals surface area contributed by atoms with Gasteiger partial charge in [0.15, 0.2) is 4.34 Å². The molecule has 23 heavy (non-hydrogen) atoms. The summed E-state index contributed by atoms with van der Waals surface area (Å²) in [5, 5.41) is 11.5. The van der Waals surface area contributed by atoms with E-state index < -0.39 is 0 Å². The number of ether oxygens (including phenoxy) is 1. The highest BCUT2D eigenvalue weighted by atomic mass is 35.5. The lowest BCUT2D eigenvalue weighted by molar-refractivity contribution is -0.137. The summed E-state index contributed by atoms with van der Waals surface area (Å²) < 4.78 is 5.13. The first-order valence-electron chi connectivity index (χ1n) is 6.28. The molecule has 1 aromatic carbocycles. The predicted octanol–water partition coefficient (Wildman–Crippen LogP) is 3.19. The molecule has 122 valence electrons. The van der Waals surface area contributed by atoms with Gasteiger partial charge in [0.25, 0.3) is 0 Å². The number of amides is 1. The number of halogens is 1. The SMILES string of the molecule is COC(=O)CSc1nnc(NC(=O)CSc2ccc(Cl)cc2)s1. The molecule has 1 aromatic heterocycles. The third-order valence-corrected chi connectivity index (χ3v) is 5.59. The maximum Gasteiger partial charge on any atom is 0.316 e. The van der Waals surface area contributed by atoms with Crippen LogP contribution >= 0.6 is 46.5 Å². The van der Waals surface area contributed by atoms with Crippen molar-refractivity contribution in [3.8, 4) is 0 Å². The Bertz CT molecular complexity index is 679. The van der Waals surface area contributed by atoms with Crippen molar-refractivity contribution in [2.24, 2.45) is 0 Å². The van der Waals surface area contributed by atoms with E-state index >= 15 is 0 Å². The van der Waals surface area contributed by atoms with Crippen LogP contribution in [0.25, 0.3) is 0 Å². The number of nitrogens with zero attached hydrogens (tertiary/aromatic N) is 2. The Morgan fingerprint density at radius 1 is 1.22 bits per heavy atom.